The Morgan fingerprint density at radius 3 is 2.20 bits per heavy atom. The Kier molecular flexibility index (Phi) is 5.28. The van der Waals surface area contributed by atoms with E-state index in [0.717, 1.165) is 23.2 Å². The molecule has 0 radical (unpaired) electrons. The first kappa shape index (κ1) is 19.6. The van der Waals surface area contributed by atoms with Crippen molar-refractivity contribution in [2.24, 2.45) is 0 Å². The number of aldehydes is 1. The number of fused-ring (bicyclic) bond motifs is 3. The smallest absolute Gasteiger partial charge is 0.185 e. The molecule has 0 aliphatic carbocycles. The summed E-state index contributed by atoms with van der Waals surface area (Å²) in [5, 5.41) is 10.4. The van der Waals surface area contributed by atoms with Gasteiger partial charge in [0, 0.05) is 16.7 Å². The highest BCUT2D eigenvalue weighted by Gasteiger charge is 2.55. The van der Waals surface area contributed by atoms with Gasteiger partial charge in [-0.05, 0) is 12.1 Å². The Labute approximate surface area is 173 Å². The van der Waals surface area contributed by atoms with Gasteiger partial charge in [-0.1, -0.05) is 36.4 Å². The zero-order valence-electron chi connectivity index (χ0n) is 16.2. The quantitative estimate of drug-likeness (QED) is 0.761. The second-order valence-corrected chi connectivity index (χ2v) is 7.42. The molecule has 3 aliphatic heterocycles. The molecule has 2 aromatic carbocycles. The topological polar surface area (TPSA) is 92.7 Å². The number of benzene rings is 2. The van der Waals surface area contributed by atoms with Gasteiger partial charge in [-0.3, -0.25) is 4.79 Å². The Bertz CT molecular complexity index is 883. The van der Waals surface area contributed by atoms with Gasteiger partial charge in [0.15, 0.2) is 18.9 Å². The first-order chi connectivity index (χ1) is 14.7. The number of aliphatic hydroxyl groups excluding tert-OH is 1. The first-order valence-corrected chi connectivity index (χ1v) is 9.77. The van der Waals surface area contributed by atoms with E-state index in [4.69, 9.17) is 28.4 Å². The number of carbonyl (C=O) groups is 1. The first-order valence-electron chi connectivity index (χ1n) is 9.77. The van der Waals surface area contributed by atoms with E-state index in [0.29, 0.717) is 5.56 Å². The molecule has 2 aromatic rings. The van der Waals surface area contributed by atoms with E-state index in [1.54, 1.807) is 31.4 Å². The molecule has 0 aromatic heterocycles. The van der Waals surface area contributed by atoms with Crippen LogP contribution in [0.2, 0.25) is 0 Å². The summed E-state index contributed by atoms with van der Waals surface area (Å²) in [7, 11) is 1.61. The Morgan fingerprint density at radius 1 is 0.867 bits per heavy atom. The van der Waals surface area contributed by atoms with Crippen LogP contribution in [0.15, 0.2) is 48.5 Å². The molecule has 3 saturated heterocycles. The molecule has 30 heavy (non-hydrogen) atoms. The minimum Gasteiger partial charge on any atom is -0.497 e. The van der Waals surface area contributed by atoms with Crippen LogP contribution in [-0.4, -0.2) is 55.8 Å². The molecule has 0 bridgehead atoms. The average molecular weight is 414 g/mol. The van der Waals surface area contributed by atoms with Crippen LogP contribution in [0.1, 0.15) is 34.1 Å². The standard InChI is InChI=1S/C22H22O8/c1-25-15-8-6-13(7-9-15)21-26-11-16-17(28-21)18-19(20(24)27-16)30-22(29-18)14-4-2-12(10-23)3-5-14/h2-10,16-22,24H,11H2,1H3. The highest BCUT2D eigenvalue weighted by Crippen LogP contribution is 2.43. The summed E-state index contributed by atoms with van der Waals surface area (Å²) in [5.41, 5.74) is 2.15. The minimum absolute atomic E-state index is 0.254. The largest absolute Gasteiger partial charge is 0.497 e. The molecule has 158 valence electrons. The number of carbonyl (C=O) groups excluding carboxylic acids is 1. The molecule has 8 nitrogen and oxygen atoms in total. The predicted molar refractivity (Wildman–Crippen MR) is 102 cm³/mol. The SMILES string of the molecule is COc1ccc(C2OCC3OC(O)C4OC(c5ccc(C=O)cc5)OC4C3O2)cc1. The van der Waals surface area contributed by atoms with Crippen LogP contribution in [-0.2, 0) is 23.7 Å². The summed E-state index contributed by atoms with van der Waals surface area (Å²) in [6, 6.07) is 14.3. The lowest BCUT2D eigenvalue weighted by atomic mass is 9.98. The molecule has 5 rings (SSSR count). The third-order valence-corrected chi connectivity index (χ3v) is 5.60. The molecule has 7 unspecified atom stereocenters. The van der Waals surface area contributed by atoms with Crippen molar-refractivity contribution >= 4 is 6.29 Å². The summed E-state index contributed by atoms with van der Waals surface area (Å²) in [6.07, 6.45) is -3.84. The Hall–Kier alpha value is -2.33. The molecule has 7 atom stereocenters. The summed E-state index contributed by atoms with van der Waals surface area (Å²) < 4.78 is 34.9. The van der Waals surface area contributed by atoms with Crippen LogP contribution >= 0.6 is 0 Å². The fraction of sp³-hybridized carbons (Fsp3) is 0.409. The molecule has 3 aliphatic rings. The van der Waals surface area contributed by atoms with E-state index in [2.05, 4.69) is 0 Å². The van der Waals surface area contributed by atoms with Gasteiger partial charge in [-0.2, -0.15) is 0 Å². The zero-order chi connectivity index (χ0) is 20.7. The van der Waals surface area contributed by atoms with Crippen LogP contribution in [0.25, 0.3) is 0 Å². The molecule has 3 fully saturated rings. The van der Waals surface area contributed by atoms with Crippen molar-refractivity contribution in [3.05, 3.63) is 65.2 Å². The predicted octanol–water partition coefficient (Wildman–Crippen LogP) is 2.12. The summed E-state index contributed by atoms with van der Waals surface area (Å²) >= 11 is 0. The van der Waals surface area contributed by atoms with Crippen molar-refractivity contribution in [3.63, 3.8) is 0 Å². The van der Waals surface area contributed by atoms with Crippen molar-refractivity contribution < 1.29 is 38.3 Å². The molecular weight excluding hydrogens is 392 g/mol. The fourth-order valence-corrected chi connectivity index (χ4v) is 4.00. The molecule has 8 heteroatoms. The molecule has 0 amide bonds. The van der Waals surface area contributed by atoms with Gasteiger partial charge in [-0.25, -0.2) is 0 Å². The van der Waals surface area contributed by atoms with Crippen LogP contribution in [0.3, 0.4) is 0 Å². The summed E-state index contributed by atoms with van der Waals surface area (Å²) in [4.78, 5) is 10.9. The van der Waals surface area contributed by atoms with Gasteiger partial charge < -0.3 is 33.5 Å². The van der Waals surface area contributed by atoms with Crippen molar-refractivity contribution in [2.45, 2.75) is 43.3 Å². The average Bonchev–Trinajstić information content (AvgIpc) is 3.26. The lowest BCUT2D eigenvalue weighted by Gasteiger charge is -2.44. The minimum atomic E-state index is -1.15. The number of rotatable bonds is 4. The zero-order valence-corrected chi connectivity index (χ0v) is 16.2. The molecule has 1 N–H and O–H groups in total. The van der Waals surface area contributed by atoms with Gasteiger partial charge in [0.2, 0.25) is 0 Å². The lowest BCUT2D eigenvalue weighted by Crippen LogP contribution is -2.60. The maximum atomic E-state index is 10.9. The van der Waals surface area contributed by atoms with E-state index in [1.165, 1.54) is 0 Å². The number of hydrogen-bond acceptors (Lipinski definition) is 8. The van der Waals surface area contributed by atoms with E-state index >= 15 is 0 Å². The van der Waals surface area contributed by atoms with Gasteiger partial charge in [0.1, 0.15) is 36.5 Å². The van der Waals surface area contributed by atoms with Crippen molar-refractivity contribution in [1.29, 1.82) is 0 Å². The van der Waals surface area contributed by atoms with E-state index < -0.39 is 43.3 Å². The highest BCUT2D eigenvalue weighted by atomic mass is 16.8. The number of methoxy groups -OCH3 is 1. The monoisotopic (exact) mass is 414 g/mol. The van der Waals surface area contributed by atoms with Crippen molar-refractivity contribution in [3.8, 4) is 5.75 Å². The molecular formula is C22H22O8. The summed E-state index contributed by atoms with van der Waals surface area (Å²) in [5.74, 6) is 0.743. The normalized spacial score (nSPS) is 35.3. The van der Waals surface area contributed by atoms with Crippen LogP contribution in [0.5, 0.6) is 5.75 Å². The van der Waals surface area contributed by atoms with Crippen molar-refractivity contribution in [2.75, 3.05) is 13.7 Å². The molecule has 0 saturated carbocycles. The van der Waals surface area contributed by atoms with E-state index in [1.807, 2.05) is 24.3 Å². The maximum Gasteiger partial charge on any atom is 0.185 e. The number of hydrogen-bond donors (Lipinski definition) is 1. The van der Waals surface area contributed by atoms with Gasteiger partial charge >= 0.3 is 0 Å². The van der Waals surface area contributed by atoms with Crippen LogP contribution < -0.4 is 4.74 Å². The molecule has 0 spiro atoms. The second kappa shape index (κ2) is 8.07. The van der Waals surface area contributed by atoms with Gasteiger partial charge in [-0.15, -0.1) is 0 Å². The summed E-state index contributed by atoms with van der Waals surface area (Å²) in [6.45, 7) is 0.254. The van der Waals surface area contributed by atoms with Gasteiger partial charge in [0.05, 0.1) is 13.7 Å². The van der Waals surface area contributed by atoms with E-state index in [-0.39, 0.29) is 6.61 Å². The van der Waals surface area contributed by atoms with Crippen LogP contribution in [0.4, 0.5) is 0 Å². The third-order valence-electron chi connectivity index (χ3n) is 5.60. The second-order valence-electron chi connectivity index (χ2n) is 7.42. The molecule has 3 heterocycles. The van der Waals surface area contributed by atoms with Gasteiger partial charge in [0.25, 0.3) is 0 Å². The lowest BCUT2D eigenvalue weighted by molar-refractivity contribution is -0.340. The number of ether oxygens (including phenoxy) is 6. The highest BCUT2D eigenvalue weighted by molar-refractivity contribution is 5.74. The Morgan fingerprint density at radius 2 is 1.50 bits per heavy atom. The van der Waals surface area contributed by atoms with E-state index in [9.17, 15) is 9.90 Å². The van der Waals surface area contributed by atoms with Crippen molar-refractivity contribution in [1.82, 2.24) is 0 Å². The van der Waals surface area contributed by atoms with Crippen LogP contribution in [0, 0.1) is 0 Å². The Balaban J connectivity index is 1.34. The maximum absolute atomic E-state index is 10.9. The fourth-order valence-electron chi connectivity index (χ4n) is 4.00. The third kappa shape index (κ3) is 3.51. The number of aliphatic hydroxyl groups is 1.